The third-order valence-corrected chi connectivity index (χ3v) is 3.32. The predicted octanol–water partition coefficient (Wildman–Crippen LogP) is 2.75. The lowest BCUT2D eigenvalue weighted by Gasteiger charge is -2.21. The Morgan fingerprint density at radius 1 is 1.24 bits per heavy atom. The molecule has 1 aromatic carbocycles. The molecule has 0 aliphatic carbocycles. The lowest BCUT2D eigenvalue weighted by molar-refractivity contribution is -0.119. The standard InChI is InChI=1S/C17H24N2O2/c1-5-14-7-9-15(10-8-14)17(21)18-12(3)11-16(6-2)19-13(4)20/h5,7-10,12,16H,1,6,11H2,2-4H3,(H,18,21)(H,19,20). The minimum atomic E-state index is -0.101. The summed E-state index contributed by atoms with van der Waals surface area (Å²) in [6.07, 6.45) is 3.30. The number of nitrogens with one attached hydrogen (secondary N) is 2. The Hall–Kier alpha value is -2.10. The number of carbonyl (C=O) groups is 2. The molecule has 0 bridgehead atoms. The Kier molecular flexibility index (Phi) is 6.66. The highest BCUT2D eigenvalue weighted by molar-refractivity contribution is 5.94. The highest BCUT2D eigenvalue weighted by Crippen LogP contribution is 2.07. The van der Waals surface area contributed by atoms with Crippen LogP contribution in [0.4, 0.5) is 0 Å². The van der Waals surface area contributed by atoms with Crippen LogP contribution in [0.1, 0.15) is 49.5 Å². The van der Waals surface area contributed by atoms with Gasteiger partial charge in [-0.3, -0.25) is 9.59 Å². The molecule has 0 spiro atoms. The second-order valence-corrected chi connectivity index (χ2v) is 5.24. The first-order valence-corrected chi connectivity index (χ1v) is 7.26. The maximum absolute atomic E-state index is 12.1. The molecule has 2 unspecified atom stereocenters. The van der Waals surface area contributed by atoms with E-state index in [0.29, 0.717) is 12.0 Å². The van der Waals surface area contributed by atoms with Gasteiger partial charge in [-0.1, -0.05) is 31.7 Å². The second-order valence-electron chi connectivity index (χ2n) is 5.24. The zero-order valence-corrected chi connectivity index (χ0v) is 13.0. The minimum absolute atomic E-state index is 0.00613. The first-order valence-electron chi connectivity index (χ1n) is 7.26. The fourth-order valence-electron chi connectivity index (χ4n) is 2.18. The maximum Gasteiger partial charge on any atom is 0.251 e. The summed E-state index contributed by atoms with van der Waals surface area (Å²) in [5.41, 5.74) is 1.61. The van der Waals surface area contributed by atoms with Crippen molar-refractivity contribution in [1.82, 2.24) is 10.6 Å². The number of hydrogen-bond acceptors (Lipinski definition) is 2. The molecule has 4 nitrogen and oxygen atoms in total. The van der Waals surface area contributed by atoms with E-state index in [1.54, 1.807) is 18.2 Å². The van der Waals surface area contributed by atoms with E-state index in [0.717, 1.165) is 12.0 Å². The topological polar surface area (TPSA) is 58.2 Å². The maximum atomic E-state index is 12.1. The van der Waals surface area contributed by atoms with Crippen LogP contribution in [0.2, 0.25) is 0 Å². The van der Waals surface area contributed by atoms with Gasteiger partial charge in [-0.25, -0.2) is 0 Å². The van der Waals surface area contributed by atoms with Crippen LogP contribution in [0.15, 0.2) is 30.8 Å². The lowest BCUT2D eigenvalue weighted by Crippen LogP contribution is -2.40. The van der Waals surface area contributed by atoms with Crippen molar-refractivity contribution in [3.63, 3.8) is 0 Å². The van der Waals surface area contributed by atoms with Crippen LogP contribution in [-0.2, 0) is 4.79 Å². The van der Waals surface area contributed by atoms with Crippen LogP contribution in [0, 0.1) is 0 Å². The average Bonchev–Trinajstić information content (AvgIpc) is 2.45. The monoisotopic (exact) mass is 288 g/mol. The van der Waals surface area contributed by atoms with Crippen LogP contribution in [0.5, 0.6) is 0 Å². The van der Waals surface area contributed by atoms with Gasteiger partial charge in [0.25, 0.3) is 5.91 Å². The molecular weight excluding hydrogens is 264 g/mol. The third-order valence-electron chi connectivity index (χ3n) is 3.32. The van der Waals surface area contributed by atoms with Gasteiger partial charge in [-0.15, -0.1) is 0 Å². The molecular formula is C17H24N2O2. The molecule has 0 saturated heterocycles. The molecule has 0 radical (unpaired) electrons. The third kappa shape index (κ3) is 5.81. The van der Waals surface area contributed by atoms with Gasteiger partial charge >= 0.3 is 0 Å². The average molecular weight is 288 g/mol. The van der Waals surface area contributed by atoms with E-state index >= 15 is 0 Å². The summed E-state index contributed by atoms with van der Waals surface area (Å²) in [7, 11) is 0. The Bertz CT molecular complexity index is 494. The summed E-state index contributed by atoms with van der Waals surface area (Å²) >= 11 is 0. The summed E-state index contributed by atoms with van der Waals surface area (Å²) in [4.78, 5) is 23.2. The first-order chi connectivity index (χ1) is 9.96. The van der Waals surface area contributed by atoms with Crippen LogP contribution in [0.3, 0.4) is 0 Å². The van der Waals surface area contributed by atoms with Gasteiger partial charge in [0.1, 0.15) is 0 Å². The Morgan fingerprint density at radius 2 is 1.86 bits per heavy atom. The molecule has 0 aliphatic heterocycles. The summed E-state index contributed by atoms with van der Waals surface area (Å²) in [5, 5.41) is 5.84. The van der Waals surface area contributed by atoms with Gasteiger partial charge in [0.05, 0.1) is 0 Å². The highest BCUT2D eigenvalue weighted by Gasteiger charge is 2.15. The minimum Gasteiger partial charge on any atom is -0.354 e. The SMILES string of the molecule is C=Cc1ccc(C(=O)NC(C)CC(CC)NC(C)=O)cc1. The second kappa shape index (κ2) is 8.25. The van der Waals surface area contributed by atoms with Crippen molar-refractivity contribution in [2.45, 2.75) is 45.7 Å². The summed E-state index contributed by atoms with van der Waals surface area (Å²) in [6.45, 7) is 9.15. The molecule has 1 aromatic rings. The molecule has 0 fully saturated rings. The number of carbonyl (C=O) groups excluding carboxylic acids is 2. The van der Waals surface area contributed by atoms with Crippen molar-refractivity contribution < 1.29 is 9.59 Å². The molecule has 2 atom stereocenters. The normalized spacial score (nSPS) is 13.1. The summed E-state index contributed by atoms with van der Waals surface area (Å²) in [6, 6.07) is 7.36. The van der Waals surface area contributed by atoms with Crippen molar-refractivity contribution >= 4 is 17.9 Å². The van der Waals surface area contributed by atoms with Gasteiger partial charge in [0, 0.05) is 24.6 Å². The van der Waals surface area contributed by atoms with Gasteiger partial charge in [-0.2, -0.15) is 0 Å². The van der Waals surface area contributed by atoms with Crippen molar-refractivity contribution in [2.24, 2.45) is 0 Å². The quantitative estimate of drug-likeness (QED) is 0.810. The summed E-state index contributed by atoms with van der Waals surface area (Å²) < 4.78 is 0. The zero-order chi connectivity index (χ0) is 15.8. The van der Waals surface area contributed by atoms with E-state index in [1.807, 2.05) is 26.0 Å². The van der Waals surface area contributed by atoms with E-state index in [4.69, 9.17) is 0 Å². The van der Waals surface area contributed by atoms with Gasteiger partial charge in [0.15, 0.2) is 0 Å². The zero-order valence-electron chi connectivity index (χ0n) is 13.0. The van der Waals surface area contributed by atoms with Crippen molar-refractivity contribution in [3.8, 4) is 0 Å². The van der Waals surface area contributed by atoms with Crippen molar-refractivity contribution in [2.75, 3.05) is 0 Å². The van der Waals surface area contributed by atoms with Crippen LogP contribution >= 0.6 is 0 Å². The Balaban J connectivity index is 2.56. The van der Waals surface area contributed by atoms with Gasteiger partial charge in [-0.05, 0) is 37.5 Å². The molecule has 0 aliphatic rings. The number of rotatable bonds is 7. The summed E-state index contributed by atoms with van der Waals surface area (Å²) in [5.74, 6) is -0.142. The van der Waals surface area contributed by atoms with Crippen LogP contribution in [-0.4, -0.2) is 23.9 Å². The Labute approximate surface area is 126 Å². The fraction of sp³-hybridized carbons (Fsp3) is 0.412. The van der Waals surface area contributed by atoms with Crippen molar-refractivity contribution in [1.29, 1.82) is 0 Å². The fourth-order valence-corrected chi connectivity index (χ4v) is 2.18. The van der Waals surface area contributed by atoms with E-state index < -0.39 is 0 Å². The molecule has 21 heavy (non-hydrogen) atoms. The number of amides is 2. The van der Waals surface area contributed by atoms with Gasteiger partial charge in [0.2, 0.25) is 5.91 Å². The Morgan fingerprint density at radius 3 is 2.33 bits per heavy atom. The van der Waals surface area contributed by atoms with Crippen LogP contribution < -0.4 is 10.6 Å². The van der Waals surface area contributed by atoms with E-state index in [-0.39, 0.29) is 23.9 Å². The molecule has 0 aromatic heterocycles. The van der Waals surface area contributed by atoms with Crippen molar-refractivity contribution in [3.05, 3.63) is 42.0 Å². The molecule has 114 valence electrons. The van der Waals surface area contributed by atoms with E-state index in [2.05, 4.69) is 17.2 Å². The largest absolute Gasteiger partial charge is 0.354 e. The van der Waals surface area contributed by atoms with E-state index in [9.17, 15) is 9.59 Å². The van der Waals surface area contributed by atoms with Gasteiger partial charge < -0.3 is 10.6 Å². The lowest BCUT2D eigenvalue weighted by atomic mass is 10.1. The molecule has 0 heterocycles. The molecule has 2 N–H and O–H groups in total. The molecule has 2 amide bonds. The molecule has 4 heteroatoms. The molecule has 1 rings (SSSR count). The number of hydrogen-bond donors (Lipinski definition) is 2. The highest BCUT2D eigenvalue weighted by atomic mass is 16.2. The number of benzene rings is 1. The van der Waals surface area contributed by atoms with Crippen LogP contribution in [0.25, 0.3) is 6.08 Å². The predicted molar refractivity (Wildman–Crippen MR) is 86.0 cm³/mol. The van der Waals surface area contributed by atoms with E-state index in [1.165, 1.54) is 6.92 Å². The first kappa shape index (κ1) is 17.0. The smallest absolute Gasteiger partial charge is 0.251 e. The molecule has 0 saturated carbocycles.